The number of Topliss-reactive ketones (excluding diaryl/α,β-unsaturated/α-hetero) is 1. The number of nitriles is 1. The number of ketones is 1. The van der Waals surface area contributed by atoms with Crippen molar-refractivity contribution in [2.75, 3.05) is 0 Å². The molecule has 14 heavy (non-hydrogen) atoms. The molecule has 0 bridgehead atoms. The minimum absolute atomic E-state index is 0.0555. The van der Waals surface area contributed by atoms with Crippen molar-refractivity contribution < 1.29 is 4.79 Å². The predicted octanol–water partition coefficient (Wildman–Crippen LogP) is 3.13. The SMILES string of the molecule is CC(Br)C(=O)c1cccc(I)c1C#N. The van der Waals surface area contributed by atoms with Crippen molar-refractivity contribution in [3.05, 3.63) is 32.9 Å². The van der Waals surface area contributed by atoms with Gasteiger partial charge in [0.2, 0.25) is 0 Å². The van der Waals surface area contributed by atoms with Crippen LogP contribution >= 0.6 is 38.5 Å². The summed E-state index contributed by atoms with van der Waals surface area (Å²) in [5.74, 6) is -0.0555. The lowest BCUT2D eigenvalue weighted by atomic mass is 10.0. The van der Waals surface area contributed by atoms with Gasteiger partial charge in [-0.25, -0.2) is 0 Å². The van der Waals surface area contributed by atoms with Crippen LogP contribution in [-0.4, -0.2) is 10.6 Å². The summed E-state index contributed by atoms with van der Waals surface area (Å²) in [6.45, 7) is 1.75. The summed E-state index contributed by atoms with van der Waals surface area (Å²) in [5.41, 5.74) is 0.952. The second-order valence-corrected chi connectivity index (χ2v) is 5.29. The Bertz CT molecular complexity index is 409. The van der Waals surface area contributed by atoms with Crippen LogP contribution < -0.4 is 0 Å². The van der Waals surface area contributed by atoms with E-state index in [4.69, 9.17) is 5.26 Å². The molecule has 2 nitrogen and oxygen atoms in total. The summed E-state index contributed by atoms with van der Waals surface area (Å²) in [6.07, 6.45) is 0. The molecule has 0 heterocycles. The van der Waals surface area contributed by atoms with Crippen molar-refractivity contribution in [2.45, 2.75) is 11.8 Å². The van der Waals surface area contributed by atoms with Crippen LogP contribution in [-0.2, 0) is 0 Å². The Labute approximate surface area is 105 Å². The molecule has 0 amide bonds. The van der Waals surface area contributed by atoms with Crippen LogP contribution in [0.5, 0.6) is 0 Å². The van der Waals surface area contributed by atoms with Gasteiger partial charge in [0.1, 0.15) is 6.07 Å². The number of carbonyl (C=O) groups excluding carboxylic acids is 1. The summed E-state index contributed by atoms with van der Waals surface area (Å²) in [7, 11) is 0. The second kappa shape index (κ2) is 4.89. The normalized spacial score (nSPS) is 11.9. The van der Waals surface area contributed by atoms with E-state index in [2.05, 4.69) is 44.6 Å². The van der Waals surface area contributed by atoms with Gasteiger partial charge in [-0.15, -0.1) is 0 Å². The number of benzene rings is 1. The van der Waals surface area contributed by atoms with Gasteiger partial charge in [0, 0.05) is 9.13 Å². The van der Waals surface area contributed by atoms with Gasteiger partial charge < -0.3 is 0 Å². The van der Waals surface area contributed by atoms with Crippen LogP contribution in [0.25, 0.3) is 0 Å². The average Bonchev–Trinajstić information content (AvgIpc) is 2.16. The Kier molecular flexibility index (Phi) is 4.08. The van der Waals surface area contributed by atoms with E-state index in [1.165, 1.54) is 0 Å². The van der Waals surface area contributed by atoms with Crippen molar-refractivity contribution in [1.82, 2.24) is 0 Å². The summed E-state index contributed by atoms with van der Waals surface area (Å²) < 4.78 is 0.809. The summed E-state index contributed by atoms with van der Waals surface area (Å²) >= 11 is 5.26. The molecule has 0 N–H and O–H groups in total. The average molecular weight is 364 g/mol. The number of rotatable bonds is 2. The Morgan fingerprint density at radius 2 is 2.29 bits per heavy atom. The zero-order valence-electron chi connectivity index (χ0n) is 7.42. The van der Waals surface area contributed by atoms with Gasteiger partial charge in [-0.3, -0.25) is 4.79 Å². The van der Waals surface area contributed by atoms with Crippen molar-refractivity contribution in [2.24, 2.45) is 0 Å². The molecule has 0 aliphatic heterocycles. The monoisotopic (exact) mass is 363 g/mol. The van der Waals surface area contributed by atoms with E-state index in [1.54, 1.807) is 19.1 Å². The molecule has 0 saturated carbocycles. The van der Waals surface area contributed by atoms with Gasteiger partial charge in [0.25, 0.3) is 0 Å². The van der Waals surface area contributed by atoms with E-state index in [0.717, 1.165) is 3.57 Å². The van der Waals surface area contributed by atoms with Crippen molar-refractivity contribution >= 4 is 44.3 Å². The molecule has 1 aromatic rings. The zero-order valence-corrected chi connectivity index (χ0v) is 11.2. The Hall–Kier alpha value is -0.410. The highest BCUT2D eigenvalue weighted by molar-refractivity contribution is 14.1. The molecule has 0 radical (unpaired) electrons. The van der Waals surface area contributed by atoms with Crippen LogP contribution in [0.2, 0.25) is 0 Å². The molecule has 1 aromatic carbocycles. The zero-order chi connectivity index (χ0) is 10.7. The molecule has 0 aromatic heterocycles. The number of hydrogen-bond donors (Lipinski definition) is 0. The van der Waals surface area contributed by atoms with Crippen LogP contribution in [0, 0.1) is 14.9 Å². The highest BCUT2D eigenvalue weighted by Gasteiger charge is 2.17. The van der Waals surface area contributed by atoms with Crippen LogP contribution in [0.1, 0.15) is 22.8 Å². The Balaban J connectivity index is 3.29. The first-order valence-corrected chi connectivity index (χ1v) is 5.94. The molecule has 0 fully saturated rings. The van der Waals surface area contributed by atoms with E-state index < -0.39 is 0 Å². The van der Waals surface area contributed by atoms with E-state index in [-0.39, 0.29) is 10.6 Å². The standard InChI is InChI=1S/C10H7BrINO/c1-6(11)10(14)7-3-2-4-9(12)8(7)5-13/h2-4,6H,1H3. The van der Waals surface area contributed by atoms with E-state index in [9.17, 15) is 4.79 Å². The largest absolute Gasteiger partial charge is 0.293 e. The van der Waals surface area contributed by atoms with Gasteiger partial charge in [0.15, 0.2) is 5.78 Å². The lowest BCUT2D eigenvalue weighted by molar-refractivity contribution is 0.0995. The first-order valence-electron chi connectivity index (χ1n) is 3.94. The highest BCUT2D eigenvalue weighted by Crippen LogP contribution is 2.19. The van der Waals surface area contributed by atoms with Gasteiger partial charge in [-0.1, -0.05) is 22.0 Å². The first-order chi connectivity index (χ1) is 6.57. The minimum Gasteiger partial charge on any atom is -0.293 e. The molecular weight excluding hydrogens is 357 g/mol. The first kappa shape index (κ1) is 11.7. The summed E-state index contributed by atoms with van der Waals surface area (Å²) in [6, 6.07) is 7.33. The maximum Gasteiger partial charge on any atom is 0.177 e. The fourth-order valence-electron chi connectivity index (χ4n) is 1.06. The third-order valence-corrected chi connectivity index (χ3v) is 3.07. The number of alkyl halides is 1. The maximum atomic E-state index is 11.7. The third-order valence-electron chi connectivity index (χ3n) is 1.75. The van der Waals surface area contributed by atoms with E-state index in [1.807, 2.05) is 6.07 Å². The van der Waals surface area contributed by atoms with Crippen LogP contribution in [0.4, 0.5) is 0 Å². The van der Waals surface area contributed by atoms with Gasteiger partial charge in [-0.05, 0) is 41.6 Å². The third kappa shape index (κ3) is 2.34. The fourth-order valence-corrected chi connectivity index (χ4v) is 1.92. The van der Waals surface area contributed by atoms with Gasteiger partial charge in [-0.2, -0.15) is 5.26 Å². The van der Waals surface area contributed by atoms with E-state index >= 15 is 0 Å². The van der Waals surface area contributed by atoms with Crippen molar-refractivity contribution in [3.63, 3.8) is 0 Å². The minimum atomic E-state index is -0.257. The Morgan fingerprint density at radius 1 is 1.64 bits per heavy atom. The Morgan fingerprint density at radius 3 is 2.79 bits per heavy atom. The lowest BCUT2D eigenvalue weighted by Gasteiger charge is -2.05. The molecule has 0 saturated heterocycles. The summed E-state index contributed by atoms with van der Waals surface area (Å²) in [4.78, 5) is 11.4. The smallest absolute Gasteiger partial charge is 0.177 e. The molecule has 1 atom stereocenters. The number of carbonyl (C=O) groups is 1. The predicted molar refractivity (Wildman–Crippen MR) is 66.6 cm³/mol. The number of halogens is 2. The molecule has 0 aliphatic carbocycles. The van der Waals surface area contributed by atoms with Crippen LogP contribution in [0.15, 0.2) is 18.2 Å². The number of hydrogen-bond acceptors (Lipinski definition) is 2. The molecular formula is C10H7BrINO. The highest BCUT2D eigenvalue weighted by atomic mass is 127. The topological polar surface area (TPSA) is 40.9 Å². The molecule has 1 rings (SSSR count). The lowest BCUT2D eigenvalue weighted by Crippen LogP contribution is -2.12. The van der Waals surface area contributed by atoms with Gasteiger partial charge in [0.05, 0.1) is 10.4 Å². The molecule has 72 valence electrons. The second-order valence-electron chi connectivity index (χ2n) is 2.75. The quantitative estimate of drug-likeness (QED) is 0.460. The van der Waals surface area contributed by atoms with Crippen molar-refractivity contribution in [1.29, 1.82) is 5.26 Å². The molecule has 0 spiro atoms. The summed E-state index contributed by atoms with van der Waals surface area (Å²) in [5, 5.41) is 8.91. The van der Waals surface area contributed by atoms with Crippen molar-refractivity contribution in [3.8, 4) is 6.07 Å². The maximum absolute atomic E-state index is 11.7. The van der Waals surface area contributed by atoms with Gasteiger partial charge >= 0.3 is 0 Å². The fraction of sp³-hybridized carbons (Fsp3) is 0.200. The molecule has 0 aliphatic rings. The van der Waals surface area contributed by atoms with Crippen LogP contribution in [0.3, 0.4) is 0 Å². The molecule has 1 unspecified atom stereocenters. The number of nitrogens with zero attached hydrogens (tertiary/aromatic N) is 1. The molecule has 4 heteroatoms. The van der Waals surface area contributed by atoms with E-state index in [0.29, 0.717) is 11.1 Å².